The van der Waals surface area contributed by atoms with Crippen molar-refractivity contribution in [3.63, 3.8) is 0 Å². The molecule has 0 aromatic carbocycles. The summed E-state index contributed by atoms with van der Waals surface area (Å²) in [6.45, 7) is 10.9. The number of aromatic nitrogens is 2. The summed E-state index contributed by atoms with van der Waals surface area (Å²) in [6.07, 6.45) is 10.7. The Hall–Kier alpha value is -0.540. The maximum Gasteiger partial charge on any atom is 0.245 e. The van der Waals surface area contributed by atoms with Gasteiger partial charge in [0, 0.05) is 0 Å². The monoisotopic (exact) mass is 300 g/mol. The highest BCUT2D eigenvalue weighted by Crippen LogP contribution is 2.35. The molecule has 1 heterocycles. The Labute approximate surface area is 129 Å². The van der Waals surface area contributed by atoms with Crippen molar-refractivity contribution < 1.29 is 21.7 Å². The number of rotatable bonds is 5. The van der Waals surface area contributed by atoms with Crippen LogP contribution in [0.25, 0.3) is 0 Å². The fourth-order valence-electron chi connectivity index (χ4n) is 3.19. The average molecular weight is 301 g/mol. The quantitative estimate of drug-likeness (QED) is 0.712. The number of halogens is 1. The molecule has 0 radical (unpaired) electrons. The Balaban J connectivity index is 0.00000200. The summed E-state index contributed by atoms with van der Waals surface area (Å²) in [5, 5.41) is 0. The van der Waals surface area contributed by atoms with Crippen LogP contribution in [0.4, 0.5) is 0 Å². The zero-order valence-corrected chi connectivity index (χ0v) is 14.0. The van der Waals surface area contributed by atoms with E-state index in [1.807, 2.05) is 0 Å². The van der Waals surface area contributed by atoms with Gasteiger partial charge < -0.3 is 17.1 Å². The van der Waals surface area contributed by atoms with Gasteiger partial charge in [0.1, 0.15) is 12.4 Å². The smallest absolute Gasteiger partial charge is 0.245 e. The third kappa shape index (κ3) is 4.49. The third-order valence-corrected chi connectivity index (χ3v) is 4.51. The van der Waals surface area contributed by atoms with E-state index >= 15 is 0 Å². The number of hydrogen-bond donors (Lipinski definition) is 0. The van der Waals surface area contributed by atoms with Crippen LogP contribution in [0.15, 0.2) is 18.7 Å². The van der Waals surface area contributed by atoms with E-state index < -0.39 is 0 Å². The van der Waals surface area contributed by atoms with Crippen molar-refractivity contribution in [2.24, 2.45) is 17.8 Å². The fraction of sp³-hybridized carbons (Fsp3) is 0.812. The van der Waals surface area contributed by atoms with Crippen molar-refractivity contribution in [3.05, 3.63) is 18.7 Å². The number of nitrogens with zero attached hydrogens (tertiary/aromatic N) is 2. The number of hydrogen-bond acceptors (Lipinski definition) is 1. The second kappa shape index (κ2) is 8.04. The minimum Gasteiger partial charge on any atom is -1.00 e. The van der Waals surface area contributed by atoms with E-state index in [1.165, 1.54) is 19.3 Å². The Bertz CT molecular complexity index is 392. The highest BCUT2D eigenvalue weighted by Gasteiger charge is 2.31. The predicted octanol–water partition coefficient (Wildman–Crippen LogP) is 0.234. The molecule has 0 spiro atoms. The highest BCUT2D eigenvalue weighted by atomic mass is 35.5. The molecule has 2 rings (SSSR count). The van der Waals surface area contributed by atoms with Gasteiger partial charge in [0.15, 0.2) is 6.73 Å². The van der Waals surface area contributed by atoms with Gasteiger partial charge in [-0.25, -0.2) is 9.13 Å². The summed E-state index contributed by atoms with van der Waals surface area (Å²) in [5.74, 6) is 2.26. The largest absolute Gasteiger partial charge is 1.00 e. The maximum atomic E-state index is 6.22. The highest BCUT2D eigenvalue weighted by molar-refractivity contribution is 4.80. The summed E-state index contributed by atoms with van der Waals surface area (Å²) in [6, 6.07) is 0. The van der Waals surface area contributed by atoms with Gasteiger partial charge in [0.25, 0.3) is 0 Å². The van der Waals surface area contributed by atoms with E-state index in [4.69, 9.17) is 4.74 Å². The first-order valence-electron chi connectivity index (χ1n) is 7.76. The SMILES string of the molecule is CCn1cc[n+](CO[C@@H]2C[C@H](C)CC[C@H]2C(C)C)c1.[Cl-]. The maximum absolute atomic E-state index is 6.22. The lowest BCUT2D eigenvalue weighted by Gasteiger charge is -2.36. The summed E-state index contributed by atoms with van der Waals surface area (Å²) in [7, 11) is 0. The molecule has 4 heteroatoms. The summed E-state index contributed by atoms with van der Waals surface area (Å²) in [4.78, 5) is 0. The lowest BCUT2D eigenvalue weighted by atomic mass is 9.75. The molecule has 1 aromatic heterocycles. The summed E-state index contributed by atoms with van der Waals surface area (Å²) < 4.78 is 10.5. The average Bonchev–Trinajstić information content (AvgIpc) is 2.84. The van der Waals surface area contributed by atoms with Crippen LogP contribution < -0.4 is 17.0 Å². The Morgan fingerprint density at radius 3 is 2.70 bits per heavy atom. The van der Waals surface area contributed by atoms with Gasteiger partial charge in [-0.1, -0.05) is 27.2 Å². The van der Waals surface area contributed by atoms with Crippen molar-refractivity contribution in [1.82, 2.24) is 4.57 Å². The molecule has 0 bridgehead atoms. The summed E-state index contributed by atoms with van der Waals surface area (Å²) >= 11 is 0. The van der Waals surface area contributed by atoms with Crippen LogP contribution in [-0.2, 0) is 18.0 Å². The topological polar surface area (TPSA) is 18.0 Å². The Morgan fingerprint density at radius 2 is 2.10 bits per heavy atom. The first-order chi connectivity index (χ1) is 9.10. The van der Waals surface area contributed by atoms with Gasteiger partial charge in [0.05, 0.1) is 12.6 Å². The van der Waals surface area contributed by atoms with Crippen LogP contribution in [0.2, 0.25) is 0 Å². The zero-order valence-electron chi connectivity index (χ0n) is 13.3. The molecule has 1 aromatic rings. The van der Waals surface area contributed by atoms with E-state index in [2.05, 4.69) is 55.6 Å². The van der Waals surface area contributed by atoms with Gasteiger partial charge in [-0.2, -0.15) is 0 Å². The van der Waals surface area contributed by atoms with E-state index in [9.17, 15) is 0 Å². The lowest BCUT2D eigenvalue weighted by Crippen LogP contribution is -3.00. The van der Waals surface area contributed by atoms with Crippen LogP contribution >= 0.6 is 0 Å². The molecule has 0 unspecified atom stereocenters. The molecule has 3 atom stereocenters. The van der Waals surface area contributed by atoms with Crippen molar-refractivity contribution in [1.29, 1.82) is 0 Å². The number of imidazole rings is 1. The molecule has 1 aliphatic carbocycles. The molecule has 0 amide bonds. The minimum absolute atomic E-state index is 0. The van der Waals surface area contributed by atoms with Crippen LogP contribution in [-0.4, -0.2) is 10.7 Å². The van der Waals surface area contributed by atoms with Crippen molar-refractivity contribution in [3.8, 4) is 0 Å². The molecule has 3 nitrogen and oxygen atoms in total. The standard InChI is InChI=1S/C16H29N2O.ClH/c1-5-17-8-9-18(11-17)12-19-16-10-14(4)6-7-15(16)13(2)3;/h8-9,11,13-16H,5-7,10,12H2,1-4H3;1H/q+1;/p-1/t14-,15+,16-;/m1./s1. The molecule has 1 fully saturated rings. The molecule has 0 N–H and O–H groups in total. The van der Waals surface area contributed by atoms with Crippen LogP contribution in [0.5, 0.6) is 0 Å². The first kappa shape index (κ1) is 17.5. The van der Waals surface area contributed by atoms with Crippen LogP contribution in [0.1, 0.15) is 47.0 Å². The van der Waals surface area contributed by atoms with Crippen LogP contribution in [0, 0.1) is 17.8 Å². The molecule has 20 heavy (non-hydrogen) atoms. The molecule has 1 saturated carbocycles. The number of ether oxygens (including phenoxy) is 1. The molecular formula is C16H29ClN2O. The third-order valence-electron chi connectivity index (χ3n) is 4.51. The Kier molecular flexibility index (Phi) is 7.04. The lowest BCUT2D eigenvalue weighted by molar-refractivity contribution is -0.735. The second-order valence-corrected chi connectivity index (χ2v) is 6.42. The second-order valence-electron chi connectivity index (χ2n) is 6.42. The summed E-state index contributed by atoms with van der Waals surface area (Å²) in [5.41, 5.74) is 0. The zero-order chi connectivity index (χ0) is 13.8. The predicted molar refractivity (Wildman–Crippen MR) is 76.5 cm³/mol. The normalized spacial score (nSPS) is 26.6. The van der Waals surface area contributed by atoms with Crippen LogP contribution in [0.3, 0.4) is 0 Å². The molecule has 116 valence electrons. The number of aryl methyl sites for hydroxylation is 1. The van der Waals surface area contributed by atoms with Gasteiger partial charge in [-0.3, -0.25) is 0 Å². The Morgan fingerprint density at radius 1 is 1.35 bits per heavy atom. The molecule has 0 aliphatic heterocycles. The minimum atomic E-state index is 0. The van der Waals surface area contributed by atoms with Gasteiger partial charge in [0.2, 0.25) is 6.33 Å². The first-order valence-corrected chi connectivity index (χ1v) is 7.76. The van der Waals surface area contributed by atoms with Crippen molar-refractivity contribution in [2.45, 2.75) is 66.3 Å². The van der Waals surface area contributed by atoms with E-state index in [0.29, 0.717) is 12.8 Å². The van der Waals surface area contributed by atoms with E-state index in [1.54, 1.807) is 0 Å². The van der Waals surface area contributed by atoms with E-state index in [-0.39, 0.29) is 12.4 Å². The fourth-order valence-corrected chi connectivity index (χ4v) is 3.19. The molecule has 1 aliphatic rings. The van der Waals surface area contributed by atoms with Gasteiger partial charge in [-0.15, -0.1) is 0 Å². The van der Waals surface area contributed by atoms with E-state index in [0.717, 1.165) is 24.3 Å². The van der Waals surface area contributed by atoms with Gasteiger partial charge >= 0.3 is 0 Å². The molecule has 0 saturated heterocycles. The van der Waals surface area contributed by atoms with Crippen molar-refractivity contribution >= 4 is 0 Å². The van der Waals surface area contributed by atoms with Gasteiger partial charge in [-0.05, 0) is 37.5 Å². The van der Waals surface area contributed by atoms with Crippen molar-refractivity contribution in [2.75, 3.05) is 0 Å². The molecular weight excluding hydrogens is 272 g/mol.